The smallest absolute Gasteiger partial charge is 0.307 e. The van der Waals surface area contributed by atoms with Crippen molar-refractivity contribution in [1.82, 2.24) is 19.6 Å². The molecule has 0 spiro atoms. The maximum absolute atomic E-state index is 12.3. The van der Waals surface area contributed by atoms with Crippen LogP contribution in [-0.2, 0) is 17.9 Å². The van der Waals surface area contributed by atoms with Crippen molar-refractivity contribution in [3.8, 4) is 0 Å². The zero-order chi connectivity index (χ0) is 19.6. The fraction of sp³-hybridized carbons (Fsp3) is 0.235. The number of nitrogens with zero attached hydrogens (tertiary/aromatic N) is 5. The van der Waals surface area contributed by atoms with E-state index in [1.165, 1.54) is 10.9 Å². The third-order valence-electron chi connectivity index (χ3n) is 4.03. The van der Waals surface area contributed by atoms with E-state index in [2.05, 4.69) is 15.5 Å². The van der Waals surface area contributed by atoms with Gasteiger partial charge in [-0.1, -0.05) is 23.7 Å². The van der Waals surface area contributed by atoms with Crippen molar-refractivity contribution in [2.45, 2.75) is 26.9 Å². The molecule has 0 radical (unpaired) electrons. The number of carbonyl (C=O) groups excluding carboxylic acids is 1. The molecule has 0 atom stereocenters. The fourth-order valence-corrected chi connectivity index (χ4v) is 2.78. The van der Waals surface area contributed by atoms with Crippen LogP contribution in [0.15, 0.2) is 36.7 Å². The largest absolute Gasteiger partial charge is 0.321 e. The molecule has 27 heavy (non-hydrogen) atoms. The second kappa shape index (κ2) is 7.58. The van der Waals surface area contributed by atoms with Crippen molar-refractivity contribution < 1.29 is 9.72 Å². The van der Waals surface area contributed by atoms with E-state index in [9.17, 15) is 14.9 Å². The molecular formula is C17H17ClN6O3. The normalized spacial score (nSPS) is 10.8. The molecule has 0 fully saturated rings. The molecule has 0 saturated heterocycles. The minimum Gasteiger partial charge on any atom is -0.321 e. The Morgan fingerprint density at radius 1 is 1.30 bits per heavy atom. The first-order chi connectivity index (χ1) is 12.8. The van der Waals surface area contributed by atoms with Crippen LogP contribution in [-0.4, -0.2) is 30.4 Å². The standard InChI is InChI=1S/C17H17ClN6O3/c1-11-17(20-16(25)10-22-9-15(7-19-22)24(26)27)12(2)23(21-11)8-13-3-5-14(18)6-4-13/h3-7,9H,8,10H2,1-2H3,(H,20,25). The Kier molecular flexibility index (Phi) is 5.22. The predicted octanol–water partition coefficient (Wildman–Crippen LogP) is 2.95. The molecule has 0 bridgehead atoms. The van der Waals surface area contributed by atoms with Gasteiger partial charge in [-0.2, -0.15) is 10.2 Å². The first kappa shape index (κ1) is 18.6. The molecule has 0 aliphatic rings. The molecule has 9 nitrogen and oxygen atoms in total. The van der Waals surface area contributed by atoms with E-state index in [1.807, 2.05) is 31.2 Å². The summed E-state index contributed by atoms with van der Waals surface area (Å²) in [6.45, 7) is 4.09. The van der Waals surface area contributed by atoms with Gasteiger partial charge in [0.15, 0.2) is 0 Å². The van der Waals surface area contributed by atoms with Gasteiger partial charge in [0.25, 0.3) is 0 Å². The number of rotatable bonds is 6. The van der Waals surface area contributed by atoms with Gasteiger partial charge < -0.3 is 5.32 Å². The molecular weight excluding hydrogens is 372 g/mol. The van der Waals surface area contributed by atoms with E-state index in [0.29, 0.717) is 22.9 Å². The average Bonchev–Trinajstić information content (AvgIpc) is 3.18. The molecule has 0 unspecified atom stereocenters. The van der Waals surface area contributed by atoms with Crippen LogP contribution in [0, 0.1) is 24.0 Å². The summed E-state index contributed by atoms with van der Waals surface area (Å²) in [5, 5.41) is 22.4. The Bertz CT molecular complexity index is 993. The highest BCUT2D eigenvalue weighted by Crippen LogP contribution is 2.21. The van der Waals surface area contributed by atoms with Crippen LogP contribution in [0.1, 0.15) is 17.0 Å². The van der Waals surface area contributed by atoms with E-state index >= 15 is 0 Å². The molecule has 2 heterocycles. The lowest BCUT2D eigenvalue weighted by molar-refractivity contribution is -0.385. The first-order valence-corrected chi connectivity index (χ1v) is 8.46. The van der Waals surface area contributed by atoms with Crippen molar-refractivity contribution >= 4 is 28.9 Å². The minimum atomic E-state index is -0.559. The molecule has 3 aromatic rings. The monoisotopic (exact) mass is 388 g/mol. The zero-order valence-electron chi connectivity index (χ0n) is 14.7. The average molecular weight is 389 g/mol. The summed E-state index contributed by atoms with van der Waals surface area (Å²) >= 11 is 5.90. The molecule has 1 aromatic carbocycles. The SMILES string of the molecule is Cc1nn(Cc2ccc(Cl)cc2)c(C)c1NC(=O)Cn1cc([N+](=O)[O-])cn1. The summed E-state index contributed by atoms with van der Waals surface area (Å²) in [6.07, 6.45) is 2.32. The van der Waals surface area contributed by atoms with E-state index in [0.717, 1.165) is 17.5 Å². The fourth-order valence-electron chi connectivity index (χ4n) is 2.65. The summed E-state index contributed by atoms with van der Waals surface area (Å²) in [6, 6.07) is 7.46. The lowest BCUT2D eigenvalue weighted by Gasteiger charge is -2.07. The minimum absolute atomic E-state index is 0.130. The number of aromatic nitrogens is 4. The molecule has 2 aromatic heterocycles. The lowest BCUT2D eigenvalue weighted by atomic mass is 10.2. The number of nitro groups is 1. The molecule has 1 N–H and O–H groups in total. The second-order valence-corrected chi connectivity index (χ2v) is 6.47. The van der Waals surface area contributed by atoms with Crippen LogP contribution < -0.4 is 5.32 Å². The van der Waals surface area contributed by atoms with Crippen molar-refractivity contribution in [3.63, 3.8) is 0 Å². The third kappa shape index (κ3) is 4.32. The molecule has 140 valence electrons. The lowest BCUT2D eigenvalue weighted by Crippen LogP contribution is -2.19. The third-order valence-corrected chi connectivity index (χ3v) is 4.28. The van der Waals surface area contributed by atoms with E-state index < -0.39 is 4.92 Å². The summed E-state index contributed by atoms with van der Waals surface area (Å²) in [7, 11) is 0. The molecule has 1 amide bonds. The highest BCUT2D eigenvalue weighted by atomic mass is 35.5. The number of benzene rings is 1. The van der Waals surface area contributed by atoms with Gasteiger partial charge in [0.05, 0.1) is 28.5 Å². The van der Waals surface area contributed by atoms with E-state index in [-0.39, 0.29) is 18.1 Å². The number of anilines is 1. The number of aryl methyl sites for hydroxylation is 1. The first-order valence-electron chi connectivity index (χ1n) is 8.08. The number of halogens is 1. The van der Waals surface area contributed by atoms with Gasteiger partial charge in [0.2, 0.25) is 5.91 Å². The highest BCUT2D eigenvalue weighted by molar-refractivity contribution is 6.30. The van der Waals surface area contributed by atoms with Gasteiger partial charge in [-0.3, -0.25) is 24.3 Å². The van der Waals surface area contributed by atoms with Gasteiger partial charge in [-0.05, 0) is 31.5 Å². The number of nitrogens with one attached hydrogen (secondary N) is 1. The predicted molar refractivity (Wildman–Crippen MR) is 99.8 cm³/mol. The van der Waals surface area contributed by atoms with Crippen molar-refractivity contribution in [2.24, 2.45) is 0 Å². The molecule has 0 aliphatic heterocycles. The topological polar surface area (TPSA) is 108 Å². The summed E-state index contributed by atoms with van der Waals surface area (Å²) < 4.78 is 3.02. The quantitative estimate of drug-likeness (QED) is 0.516. The molecule has 0 saturated carbocycles. The Morgan fingerprint density at radius 2 is 2.00 bits per heavy atom. The van der Waals surface area contributed by atoms with Gasteiger partial charge in [-0.25, -0.2) is 0 Å². The van der Waals surface area contributed by atoms with Gasteiger partial charge >= 0.3 is 5.69 Å². The van der Waals surface area contributed by atoms with Crippen LogP contribution >= 0.6 is 11.6 Å². The van der Waals surface area contributed by atoms with Crippen molar-refractivity contribution in [1.29, 1.82) is 0 Å². The second-order valence-electron chi connectivity index (χ2n) is 6.03. The Hall–Kier alpha value is -3.20. The molecule has 10 heteroatoms. The molecule has 0 aliphatic carbocycles. The van der Waals surface area contributed by atoms with Crippen LogP contribution in [0.4, 0.5) is 11.4 Å². The van der Waals surface area contributed by atoms with Gasteiger partial charge in [0.1, 0.15) is 18.9 Å². The number of hydrogen-bond donors (Lipinski definition) is 1. The number of carbonyl (C=O) groups is 1. The van der Waals surface area contributed by atoms with Crippen LogP contribution in [0.2, 0.25) is 5.02 Å². The summed E-state index contributed by atoms with van der Waals surface area (Å²) in [5.41, 5.74) is 2.98. The van der Waals surface area contributed by atoms with Crippen molar-refractivity contribution in [3.05, 3.63) is 68.7 Å². The number of amides is 1. The maximum Gasteiger partial charge on any atom is 0.307 e. The van der Waals surface area contributed by atoms with Gasteiger partial charge in [-0.15, -0.1) is 0 Å². The Balaban J connectivity index is 1.70. The van der Waals surface area contributed by atoms with E-state index in [1.54, 1.807) is 11.6 Å². The van der Waals surface area contributed by atoms with Crippen LogP contribution in [0.5, 0.6) is 0 Å². The van der Waals surface area contributed by atoms with Crippen molar-refractivity contribution in [2.75, 3.05) is 5.32 Å². The Labute approximate surface area is 159 Å². The zero-order valence-corrected chi connectivity index (χ0v) is 15.5. The maximum atomic E-state index is 12.3. The van der Waals surface area contributed by atoms with Crippen LogP contribution in [0.3, 0.4) is 0 Å². The van der Waals surface area contributed by atoms with Crippen LogP contribution in [0.25, 0.3) is 0 Å². The molecule has 3 rings (SSSR count). The number of hydrogen-bond acceptors (Lipinski definition) is 5. The van der Waals surface area contributed by atoms with Gasteiger partial charge in [0, 0.05) is 5.02 Å². The van der Waals surface area contributed by atoms with E-state index in [4.69, 9.17) is 11.6 Å². The Morgan fingerprint density at radius 3 is 2.63 bits per heavy atom. The summed E-state index contributed by atoms with van der Waals surface area (Å²) in [5.74, 6) is -0.342. The highest BCUT2D eigenvalue weighted by Gasteiger charge is 2.16. The summed E-state index contributed by atoms with van der Waals surface area (Å²) in [4.78, 5) is 22.4.